The molecule has 238 valence electrons. The van der Waals surface area contributed by atoms with E-state index in [1.807, 2.05) is 5.32 Å². The van der Waals surface area contributed by atoms with Crippen molar-refractivity contribution in [1.29, 1.82) is 0 Å². The second kappa shape index (κ2) is 14.6. The number of amides is 3. The molecule has 1 saturated carbocycles. The number of fused-ring (bicyclic) bond motifs is 1. The standard InChI is InChI=1S/C28H32FN3O11S/c1-44(38,39)32(8-9-40-10-11-41-12-13-42-16-24(33)31-37)22-15-23-21(14-20(22)17-2-3-17)25(27(34)30-28(35)36)26(43-23)18-4-6-19(29)7-5-18/h4-7,14-15,17,37H,2-3,8-13,16H2,1H3,(H,30,34)(H,31,33)(H,35,36). The van der Waals surface area contributed by atoms with Crippen molar-refractivity contribution in [2.75, 3.05) is 56.7 Å². The quantitative estimate of drug-likeness (QED) is 0.102. The molecule has 14 nitrogen and oxygen atoms in total. The van der Waals surface area contributed by atoms with Gasteiger partial charge in [0.2, 0.25) is 10.0 Å². The SMILES string of the molecule is CS(=O)(=O)N(CCOCCOCCOCC(=O)NO)c1cc2oc(-c3ccc(F)cc3)c(C(=O)NC(=O)O)c2cc1C1CC1. The van der Waals surface area contributed by atoms with Crippen molar-refractivity contribution in [1.82, 2.24) is 10.8 Å². The summed E-state index contributed by atoms with van der Waals surface area (Å²) in [4.78, 5) is 35.2. The second-order valence-corrected chi connectivity index (χ2v) is 11.8. The Morgan fingerprint density at radius 3 is 2.25 bits per heavy atom. The number of sulfonamides is 1. The third-order valence-electron chi connectivity index (χ3n) is 6.62. The van der Waals surface area contributed by atoms with Gasteiger partial charge in [0.25, 0.3) is 11.8 Å². The van der Waals surface area contributed by atoms with E-state index < -0.39 is 33.7 Å². The molecule has 3 amide bonds. The first kappa shape index (κ1) is 32.8. The molecule has 3 aromatic rings. The predicted molar refractivity (Wildman–Crippen MR) is 154 cm³/mol. The van der Waals surface area contributed by atoms with Crippen molar-refractivity contribution in [3.63, 3.8) is 0 Å². The largest absolute Gasteiger partial charge is 0.465 e. The zero-order valence-electron chi connectivity index (χ0n) is 23.7. The van der Waals surface area contributed by atoms with Crippen LogP contribution in [0, 0.1) is 5.82 Å². The molecule has 1 aliphatic carbocycles. The number of hydrogen-bond donors (Lipinski definition) is 4. The first-order valence-corrected chi connectivity index (χ1v) is 15.4. The van der Waals surface area contributed by atoms with Crippen LogP contribution >= 0.6 is 0 Å². The summed E-state index contributed by atoms with van der Waals surface area (Å²) in [6.07, 6.45) is 1.07. The Balaban J connectivity index is 1.55. The first-order chi connectivity index (χ1) is 21.0. The molecule has 0 aliphatic heterocycles. The molecular formula is C28H32FN3O11S. The van der Waals surface area contributed by atoms with Gasteiger partial charge in [-0.2, -0.15) is 0 Å². The van der Waals surface area contributed by atoms with E-state index in [9.17, 15) is 32.3 Å². The maximum absolute atomic E-state index is 13.6. The molecule has 1 aromatic heterocycles. The van der Waals surface area contributed by atoms with Crippen LogP contribution in [0.4, 0.5) is 14.9 Å². The summed E-state index contributed by atoms with van der Waals surface area (Å²) in [5.41, 5.74) is 2.83. The fourth-order valence-electron chi connectivity index (χ4n) is 4.53. The van der Waals surface area contributed by atoms with Crippen LogP contribution in [0.2, 0.25) is 0 Å². The Kier molecular flexibility index (Phi) is 10.9. The van der Waals surface area contributed by atoms with Crippen molar-refractivity contribution in [3.8, 4) is 11.3 Å². The minimum absolute atomic E-state index is 0.00829. The molecule has 0 atom stereocenters. The lowest BCUT2D eigenvalue weighted by molar-refractivity contribution is -0.134. The van der Waals surface area contributed by atoms with Crippen LogP contribution in [0.25, 0.3) is 22.3 Å². The Labute approximate surface area is 251 Å². The number of nitrogens with zero attached hydrogens (tertiary/aromatic N) is 1. The van der Waals surface area contributed by atoms with E-state index >= 15 is 0 Å². The van der Waals surface area contributed by atoms with Crippen LogP contribution in [0.3, 0.4) is 0 Å². The molecule has 0 spiro atoms. The van der Waals surface area contributed by atoms with Crippen LogP contribution in [-0.4, -0.2) is 89.1 Å². The minimum atomic E-state index is -3.81. The fraction of sp³-hybridized carbons (Fsp3) is 0.393. The third kappa shape index (κ3) is 8.51. The van der Waals surface area contributed by atoms with Gasteiger partial charge in [-0.15, -0.1) is 0 Å². The molecule has 2 aromatic carbocycles. The van der Waals surface area contributed by atoms with Gasteiger partial charge in [0.05, 0.1) is 57.1 Å². The number of halogens is 1. The number of carboxylic acid groups (broad SMARTS) is 1. The first-order valence-electron chi connectivity index (χ1n) is 13.5. The molecule has 0 saturated heterocycles. The Morgan fingerprint density at radius 2 is 1.66 bits per heavy atom. The zero-order valence-corrected chi connectivity index (χ0v) is 24.5. The van der Waals surface area contributed by atoms with Gasteiger partial charge in [-0.05, 0) is 54.7 Å². The molecule has 1 aliphatic rings. The van der Waals surface area contributed by atoms with Gasteiger partial charge < -0.3 is 23.7 Å². The molecule has 16 heteroatoms. The lowest BCUT2D eigenvalue weighted by atomic mass is 10.0. The maximum Gasteiger partial charge on any atom is 0.411 e. The maximum atomic E-state index is 13.6. The molecular weight excluding hydrogens is 605 g/mol. The van der Waals surface area contributed by atoms with Crippen molar-refractivity contribution >= 4 is 44.6 Å². The zero-order chi connectivity index (χ0) is 31.9. The topological polar surface area (TPSA) is 194 Å². The highest BCUT2D eigenvalue weighted by Gasteiger charge is 2.33. The Morgan fingerprint density at radius 1 is 1.02 bits per heavy atom. The van der Waals surface area contributed by atoms with Crippen LogP contribution in [0.15, 0.2) is 40.8 Å². The lowest BCUT2D eigenvalue weighted by Gasteiger charge is -2.25. The summed E-state index contributed by atoms with van der Waals surface area (Å²) in [6, 6.07) is 8.28. The smallest absolute Gasteiger partial charge is 0.411 e. The molecule has 0 radical (unpaired) electrons. The van der Waals surface area contributed by atoms with Crippen LogP contribution < -0.4 is 15.1 Å². The lowest BCUT2D eigenvalue weighted by Crippen LogP contribution is -2.34. The van der Waals surface area contributed by atoms with E-state index in [1.54, 1.807) is 6.07 Å². The van der Waals surface area contributed by atoms with Gasteiger partial charge in [0.1, 0.15) is 23.8 Å². The van der Waals surface area contributed by atoms with Gasteiger partial charge >= 0.3 is 6.09 Å². The number of imide groups is 1. The molecule has 1 heterocycles. The van der Waals surface area contributed by atoms with Crippen LogP contribution in [0.1, 0.15) is 34.7 Å². The van der Waals surface area contributed by atoms with Gasteiger partial charge in [0, 0.05) is 17.0 Å². The van der Waals surface area contributed by atoms with E-state index in [0.717, 1.165) is 19.1 Å². The van der Waals surface area contributed by atoms with Crippen LogP contribution in [0.5, 0.6) is 0 Å². The Hall–Kier alpha value is -4.09. The number of benzene rings is 2. The van der Waals surface area contributed by atoms with Gasteiger partial charge in [-0.25, -0.2) is 23.1 Å². The number of rotatable bonds is 16. The number of anilines is 1. The highest BCUT2D eigenvalue weighted by Crippen LogP contribution is 2.48. The van der Waals surface area contributed by atoms with Gasteiger partial charge in [0.15, 0.2) is 0 Å². The third-order valence-corrected chi connectivity index (χ3v) is 7.80. The summed E-state index contributed by atoms with van der Waals surface area (Å²) in [7, 11) is -3.81. The number of hydroxylamine groups is 1. The average molecular weight is 638 g/mol. The van der Waals surface area contributed by atoms with Gasteiger partial charge in [-0.3, -0.25) is 24.4 Å². The minimum Gasteiger partial charge on any atom is -0.465 e. The summed E-state index contributed by atoms with van der Waals surface area (Å²) >= 11 is 0. The summed E-state index contributed by atoms with van der Waals surface area (Å²) < 4.78 is 62.6. The van der Waals surface area contributed by atoms with Crippen molar-refractivity contribution in [2.24, 2.45) is 0 Å². The summed E-state index contributed by atoms with van der Waals surface area (Å²) in [6.45, 7) is 0.319. The van der Waals surface area contributed by atoms with E-state index in [-0.39, 0.29) is 74.4 Å². The van der Waals surface area contributed by atoms with Crippen molar-refractivity contribution < 1.29 is 56.1 Å². The second-order valence-electron chi connectivity index (χ2n) is 9.90. The van der Waals surface area contributed by atoms with Crippen molar-refractivity contribution in [3.05, 3.63) is 53.3 Å². The number of nitrogens with one attached hydrogen (secondary N) is 2. The number of furan rings is 1. The Bertz CT molecular complexity index is 1600. The predicted octanol–water partition coefficient (Wildman–Crippen LogP) is 2.85. The highest BCUT2D eigenvalue weighted by molar-refractivity contribution is 7.92. The number of ether oxygens (including phenoxy) is 3. The summed E-state index contributed by atoms with van der Waals surface area (Å²) in [5, 5.41) is 19.7. The molecule has 4 N–H and O–H groups in total. The van der Waals surface area contributed by atoms with Crippen LogP contribution in [-0.2, 0) is 29.0 Å². The van der Waals surface area contributed by atoms with E-state index in [1.165, 1.54) is 40.1 Å². The molecule has 0 unspecified atom stereocenters. The molecule has 1 fully saturated rings. The van der Waals surface area contributed by atoms with Gasteiger partial charge in [-0.1, -0.05) is 0 Å². The molecule has 0 bridgehead atoms. The average Bonchev–Trinajstić information content (AvgIpc) is 3.74. The monoisotopic (exact) mass is 637 g/mol. The number of carbonyl (C=O) groups is 3. The normalized spacial score (nSPS) is 13.2. The number of carbonyl (C=O) groups excluding carboxylic acids is 2. The van der Waals surface area contributed by atoms with E-state index in [0.29, 0.717) is 16.8 Å². The van der Waals surface area contributed by atoms with E-state index in [2.05, 4.69) is 0 Å². The molecule has 44 heavy (non-hydrogen) atoms. The number of hydrogen-bond acceptors (Lipinski definition) is 10. The highest BCUT2D eigenvalue weighted by atomic mass is 32.2. The van der Waals surface area contributed by atoms with Crippen molar-refractivity contribution in [2.45, 2.75) is 18.8 Å². The summed E-state index contributed by atoms with van der Waals surface area (Å²) in [5.74, 6) is -2.12. The van der Waals surface area contributed by atoms with E-state index in [4.69, 9.17) is 23.8 Å². The molecule has 4 rings (SSSR count). The fourth-order valence-corrected chi connectivity index (χ4v) is 5.45.